The summed E-state index contributed by atoms with van der Waals surface area (Å²) in [4.78, 5) is 11.9. The summed E-state index contributed by atoms with van der Waals surface area (Å²) in [6.07, 6.45) is 5.08. The topological polar surface area (TPSA) is 64.3 Å². The summed E-state index contributed by atoms with van der Waals surface area (Å²) in [6.45, 7) is 2.82. The zero-order valence-corrected chi connectivity index (χ0v) is 15.7. The number of anilines is 1. The first-order valence-electron chi connectivity index (χ1n) is 9.53. The lowest BCUT2D eigenvalue weighted by atomic mass is 9.89. The highest BCUT2D eigenvalue weighted by Crippen LogP contribution is 2.27. The number of carbonyl (C=O) groups is 1. The van der Waals surface area contributed by atoms with Gasteiger partial charge < -0.3 is 15.8 Å². The van der Waals surface area contributed by atoms with Crippen molar-refractivity contribution in [2.24, 2.45) is 11.7 Å². The minimum Gasteiger partial charge on any atom is -0.374 e. The highest BCUT2D eigenvalue weighted by molar-refractivity contribution is 5.84. The van der Waals surface area contributed by atoms with Gasteiger partial charge in [0.1, 0.15) is 11.9 Å². The number of amides is 1. The maximum atomic E-state index is 13.1. The third-order valence-electron chi connectivity index (χ3n) is 5.10. The number of halogens is 1. The molecule has 1 saturated carbocycles. The standard InChI is InChI=1S/C22H27FN2O2/c1-15-4-2-7-20(12-15)27-14-16-5-3-6-19(13-16)25-21(22(24)26)17-8-10-18(23)11-9-17/h3,5-6,8-11,13,15,20-21,25H,2,4,7,12,14H2,1H3,(H2,24,26). The van der Waals surface area contributed by atoms with Gasteiger partial charge >= 0.3 is 0 Å². The van der Waals surface area contributed by atoms with Crippen LogP contribution in [-0.2, 0) is 16.1 Å². The summed E-state index contributed by atoms with van der Waals surface area (Å²) >= 11 is 0. The molecule has 0 saturated heterocycles. The molecule has 1 fully saturated rings. The molecule has 2 aromatic rings. The van der Waals surface area contributed by atoms with Gasteiger partial charge in [0.2, 0.25) is 5.91 Å². The van der Waals surface area contributed by atoms with E-state index >= 15 is 0 Å². The maximum absolute atomic E-state index is 13.1. The van der Waals surface area contributed by atoms with Crippen molar-refractivity contribution in [2.45, 2.75) is 51.4 Å². The van der Waals surface area contributed by atoms with E-state index in [4.69, 9.17) is 10.5 Å². The van der Waals surface area contributed by atoms with E-state index in [1.807, 2.05) is 24.3 Å². The SMILES string of the molecule is CC1CCCC(OCc2cccc(NC(C(N)=O)c3ccc(F)cc3)c2)C1. The predicted molar refractivity (Wildman–Crippen MR) is 105 cm³/mol. The number of nitrogens with two attached hydrogens (primary N) is 1. The molecule has 3 rings (SSSR count). The van der Waals surface area contributed by atoms with Crippen LogP contribution in [0.15, 0.2) is 48.5 Å². The Kier molecular flexibility index (Phi) is 6.45. The molecule has 0 spiro atoms. The molecule has 3 unspecified atom stereocenters. The van der Waals surface area contributed by atoms with Crippen molar-refractivity contribution in [3.63, 3.8) is 0 Å². The fourth-order valence-corrected chi connectivity index (χ4v) is 3.64. The molecule has 3 atom stereocenters. The smallest absolute Gasteiger partial charge is 0.244 e. The van der Waals surface area contributed by atoms with Crippen LogP contribution >= 0.6 is 0 Å². The van der Waals surface area contributed by atoms with Gasteiger partial charge in [0.15, 0.2) is 0 Å². The molecule has 0 heterocycles. The second-order valence-electron chi connectivity index (χ2n) is 7.44. The Balaban J connectivity index is 1.65. The summed E-state index contributed by atoms with van der Waals surface area (Å²) in [5, 5.41) is 3.15. The van der Waals surface area contributed by atoms with Gasteiger partial charge in [-0.05, 0) is 54.2 Å². The van der Waals surface area contributed by atoms with Crippen LogP contribution < -0.4 is 11.1 Å². The number of rotatable bonds is 7. The Hall–Kier alpha value is -2.40. The molecule has 0 radical (unpaired) electrons. The Morgan fingerprint density at radius 2 is 2.04 bits per heavy atom. The monoisotopic (exact) mass is 370 g/mol. The average molecular weight is 370 g/mol. The first-order valence-corrected chi connectivity index (χ1v) is 9.53. The van der Waals surface area contributed by atoms with Gasteiger partial charge in [-0.3, -0.25) is 4.79 Å². The molecule has 1 aliphatic carbocycles. The molecule has 3 N–H and O–H groups in total. The van der Waals surface area contributed by atoms with Crippen LogP contribution in [0.4, 0.5) is 10.1 Å². The van der Waals surface area contributed by atoms with Crippen molar-refractivity contribution in [2.75, 3.05) is 5.32 Å². The van der Waals surface area contributed by atoms with Crippen LogP contribution in [0.2, 0.25) is 0 Å². The lowest BCUT2D eigenvalue weighted by Gasteiger charge is -2.27. The quantitative estimate of drug-likeness (QED) is 0.751. The third-order valence-corrected chi connectivity index (χ3v) is 5.10. The predicted octanol–water partition coefficient (Wildman–Crippen LogP) is 4.56. The van der Waals surface area contributed by atoms with Crippen LogP contribution in [0.25, 0.3) is 0 Å². The van der Waals surface area contributed by atoms with E-state index < -0.39 is 11.9 Å². The van der Waals surface area contributed by atoms with E-state index in [1.54, 1.807) is 12.1 Å². The number of hydrogen-bond donors (Lipinski definition) is 2. The second-order valence-corrected chi connectivity index (χ2v) is 7.44. The van der Waals surface area contributed by atoms with Crippen LogP contribution in [-0.4, -0.2) is 12.0 Å². The Morgan fingerprint density at radius 3 is 2.74 bits per heavy atom. The van der Waals surface area contributed by atoms with E-state index in [9.17, 15) is 9.18 Å². The summed E-state index contributed by atoms with van der Waals surface area (Å²) in [7, 11) is 0. The summed E-state index contributed by atoms with van der Waals surface area (Å²) < 4.78 is 19.2. The molecule has 0 bridgehead atoms. The number of primary amides is 1. The molecule has 5 heteroatoms. The minimum absolute atomic E-state index is 0.322. The summed E-state index contributed by atoms with van der Waals surface area (Å²) in [5.41, 5.74) is 7.99. The first-order chi connectivity index (χ1) is 13.0. The molecule has 1 amide bonds. The summed E-state index contributed by atoms with van der Waals surface area (Å²) in [6, 6.07) is 12.8. The highest BCUT2D eigenvalue weighted by Gasteiger charge is 2.20. The molecular weight excluding hydrogens is 343 g/mol. The largest absolute Gasteiger partial charge is 0.374 e. The fraction of sp³-hybridized carbons (Fsp3) is 0.409. The molecular formula is C22H27FN2O2. The number of carbonyl (C=O) groups excluding carboxylic acids is 1. The second kappa shape index (κ2) is 9.00. The number of ether oxygens (including phenoxy) is 1. The fourth-order valence-electron chi connectivity index (χ4n) is 3.64. The maximum Gasteiger partial charge on any atom is 0.244 e. The first kappa shape index (κ1) is 19.4. The zero-order valence-electron chi connectivity index (χ0n) is 15.7. The van der Waals surface area contributed by atoms with Gasteiger partial charge in [-0.25, -0.2) is 4.39 Å². The van der Waals surface area contributed by atoms with Crippen LogP contribution in [0, 0.1) is 11.7 Å². The molecule has 1 aliphatic rings. The Bertz CT molecular complexity index is 763. The van der Waals surface area contributed by atoms with Gasteiger partial charge in [0.05, 0.1) is 12.7 Å². The van der Waals surface area contributed by atoms with Crippen molar-refractivity contribution in [3.05, 3.63) is 65.5 Å². The molecule has 0 aliphatic heterocycles. The van der Waals surface area contributed by atoms with Gasteiger partial charge in [0, 0.05) is 5.69 Å². The Labute approximate surface area is 159 Å². The summed E-state index contributed by atoms with van der Waals surface area (Å²) in [5.74, 6) is -0.138. The number of benzene rings is 2. The number of nitrogens with one attached hydrogen (secondary N) is 1. The van der Waals surface area contributed by atoms with Crippen LogP contribution in [0.5, 0.6) is 0 Å². The van der Waals surface area contributed by atoms with Crippen molar-refractivity contribution in [1.29, 1.82) is 0 Å². The third kappa shape index (κ3) is 5.54. The van der Waals surface area contributed by atoms with Gasteiger partial charge in [0.25, 0.3) is 0 Å². The highest BCUT2D eigenvalue weighted by atomic mass is 19.1. The van der Waals surface area contributed by atoms with Crippen molar-refractivity contribution >= 4 is 11.6 Å². The lowest BCUT2D eigenvalue weighted by molar-refractivity contribution is -0.118. The molecule has 2 aromatic carbocycles. The van der Waals surface area contributed by atoms with Crippen molar-refractivity contribution in [1.82, 2.24) is 0 Å². The number of hydrogen-bond acceptors (Lipinski definition) is 3. The van der Waals surface area contributed by atoms with E-state index in [2.05, 4.69) is 12.2 Å². The van der Waals surface area contributed by atoms with E-state index in [0.29, 0.717) is 18.3 Å². The molecule has 27 heavy (non-hydrogen) atoms. The van der Waals surface area contributed by atoms with E-state index in [1.165, 1.54) is 25.0 Å². The average Bonchev–Trinajstić information content (AvgIpc) is 2.66. The molecule has 0 aromatic heterocycles. The van der Waals surface area contributed by atoms with E-state index in [-0.39, 0.29) is 5.82 Å². The van der Waals surface area contributed by atoms with Crippen LogP contribution in [0.3, 0.4) is 0 Å². The van der Waals surface area contributed by atoms with Gasteiger partial charge in [-0.15, -0.1) is 0 Å². The minimum atomic E-state index is -0.721. The molecule has 4 nitrogen and oxygen atoms in total. The zero-order chi connectivity index (χ0) is 19.2. The van der Waals surface area contributed by atoms with Crippen molar-refractivity contribution in [3.8, 4) is 0 Å². The lowest BCUT2D eigenvalue weighted by Crippen LogP contribution is -2.27. The Morgan fingerprint density at radius 1 is 1.26 bits per heavy atom. The normalized spacial score (nSPS) is 20.8. The molecule has 144 valence electrons. The van der Waals surface area contributed by atoms with Gasteiger partial charge in [-0.2, -0.15) is 0 Å². The van der Waals surface area contributed by atoms with Crippen molar-refractivity contribution < 1.29 is 13.9 Å². The van der Waals surface area contributed by atoms with E-state index in [0.717, 1.165) is 30.0 Å². The van der Waals surface area contributed by atoms with Crippen LogP contribution in [0.1, 0.15) is 49.8 Å². The van der Waals surface area contributed by atoms with Gasteiger partial charge in [-0.1, -0.05) is 44.0 Å².